The number of rotatable bonds is 2. The molecule has 0 spiro atoms. The van der Waals surface area contributed by atoms with Crippen LogP contribution in [0.5, 0.6) is 0 Å². The summed E-state index contributed by atoms with van der Waals surface area (Å²) >= 11 is 0. The Kier molecular flexibility index (Phi) is 6.90. The first kappa shape index (κ1) is 22.5. The van der Waals surface area contributed by atoms with E-state index in [0.29, 0.717) is 26.1 Å². The van der Waals surface area contributed by atoms with Crippen molar-refractivity contribution in [3.8, 4) is 0 Å². The molecule has 1 aromatic heterocycles. The van der Waals surface area contributed by atoms with Crippen molar-refractivity contribution in [1.82, 2.24) is 9.88 Å². The Bertz CT molecular complexity index is 800. The zero-order valence-corrected chi connectivity index (χ0v) is 15.7. The summed E-state index contributed by atoms with van der Waals surface area (Å²) in [5, 5.41) is -0.0587. The van der Waals surface area contributed by atoms with Crippen LogP contribution in [0.1, 0.15) is 29.3 Å². The first-order valence-corrected chi connectivity index (χ1v) is 7.69. The topological polar surface area (TPSA) is 59.2 Å². The lowest BCUT2D eigenvalue weighted by Gasteiger charge is -2.24. The summed E-state index contributed by atoms with van der Waals surface area (Å²) in [5.41, 5.74) is 4.36. The maximum absolute atomic E-state index is 13.6. The van der Waals surface area contributed by atoms with Gasteiger partial charge in [0.05, 0.1) is 16.6 Å². The van der Waals surface area contributed by atoms with Crippen molar-refractivity contribution in [2.75, 3.05) is 19.6 Å². The maximum atomic E-state index is 13.6. The van der Waals surface area contributed by atoms with E-state index in [-0.39, 0.29) is 41.1 Å². The van der Waals surface area contributed by atoms with E-state index >= 15 is 0 Å². The van der Waals surface area contributed by atoms with Crippen LogP contribution in [-0.2, 0) is 6.18 Å². The minimum Gasteiger partial charge on any atom is -0.338 e. The van der Waals surface area contributed by atoms with Crippen LogP contribution in [0.15, 0.2) is 30.5 Å². The number of hydrogen-bond donors (Lipinski definition) is 1. The van der Waals surface area contributed by atoms with Gasteiger partial charge in [-0.2, -0.15) is 13.2 Å². The van der Waals surface area contributed by atoms with Crippen molar-refractivity contribution in [1.29, 1.82) is 0 Å². The first-order chi connectivity index (χ1) is 11.2. The van der Waals surface area contributed by atoms with Gasteiger partial charge in [-0.1, -0.05) is 25.1 Å². The van der Waals surface area contributed by atoms with Gasteiger partial charge in [0.25, 0.3) is 5.91 Å². The Hall–Kier alpha value is -1.57. The van der Waals surface area contributed by atoms with E-state index in [9.17, 15) is 18.0 Å². The molecule has 1 fully saturated rings. The van der Waals surface area contributed by atoms with Gasteiger partial charge in [0.15, 0.2) is 0 Å². The fourth-order valence-corrected chi connectivity index (χ4v) is 3.14. The molecule has 2 heterocycles. The summed E-state index contributed by atoms with van der Waals surface area (Å²) in [4.78, 5) is 18.2. The Balaban J connectivity index is 0.00000169. The van der Waals surface area contributed by atoms with E-state index < -0.39 is 23.2 Å². The average Bonchev–Trinajstić information content (AvgIpc) is 2.95. The highest BCUT2D eigenvalue weighted by atomic mass is 35.5. The van der Waals surface area contributed by atoms with Crippen molar-refractivity contribution < 1.29 is 18.0 Å². The van der Waals surface area contributed by atoms with Crippen LogP contribution < -0.4 is 5.73 Å². The van der Waals surface area contributed by atoms with Crippen LogP contribution in [-0.4, -0.2) is 35.4 Å². The Morgan fingerprint density at radius 1 is 1.31 bits per heavy atom. The first-order valence-electron chi connectivity index (χ1n) is 7.69. The van der Waals surface area contributed by atoms with Crippen molar-refractivity contribution in [2.45, 2.75) is 19.5 Å². The number of halogens is 5. The van der Waals surface area contributed by atoms with Gasteiger partial charge < -0.3 is 10.6 Å². The van der Waals surface area contributed by atoms with Gasteiger partial charge >= 0.3 is 6.18 Å². The lowest BCUT2D eigenvalue weighted by molar-refractivity contribution is -0.136. The molecule has 1 atom stereocenters. The third-order valence-electron chi connectivity index (χ3n) is 4.63. The van der Waals surface area contributed by atoms with Gasteiger partial charge in [-0.25, -0.2) is 0 Å². The van der Waals surface area contributed by atoms with E-state index in [1.807, 2.05) is 6.92 Å². The minimum atomic E-state index is -4.63. The van der Waals surface area contributed by atoms with Crippen molar-refractivity contribution in [3.63, 3.8) is 0 Å². The van der Waals surface area contributed by atoms with E-state index in [0.717, 1.165) is 6.20 Å². The zero-order valence-electron chi connectivity index (χ0n) is 14.0. The summed E-state index contributed by atoms with van der Waals surface area (Å²) in [7, 11) is 0. The molecule has 4 nitrogen and oxygen atoms in total. The number of likely N-dealkylation sites (tertiary alicyclic amines) is 1. The number of amides is 1. The lowest BCUT2D eigenvalue weighted by Crippen LogP contribution is -2.35. The number of benzene rings is 1. The Morgan fingerprint density at radius 2 is 1.96 bits per heavy atom. The molecular formula is C17H20Cl2F3N3O. The van der Waals surface area contributed by atoms with Crippen molar-refractivity contribution >= 4 is 41.6 Å². The van der Waals surface area contributed by atoms with E-state index in [4.69, 9.17) is 5.73 Å². The molecule has 1 saturated heterocycles. The molecule has 0 bridgehead atoms. The number of pyridine rings is 1. The zero-order chi connectivity index (χ0) is 17.5. The number of nitrogens with zero attached hydrogens (tertiary/aromatic N) is 2. The predicted octanol–water partition coefficient (Wildman–Crippen LogP) is 3.91. The monoisotopic (exact) mass is 409 g/mol. The van der Waals surface area contributed by atoms with E-state index in [1.54, 1.807) is 6.07 Å². The summed E-state index contributed by atoms with van der Waals surface area (Å²) < 4.78 is 40.9. The van der Waals surface area contributed by atoms with Crippen molar-refractivity contribution in [2.24, 2.45) is 11.1 Å². The SMILES string of the molecule is CC1(CN)CCN(C(=O)c2cnc3ccccc3c2C(F)(F)F)C1.Cl.Cl. The smallest absolute Gasteiger partial charge is 0.338 e. The van der Waals surface area contributed by atoms with Crippen molar-refractivity contribution in [3.05, 3.63) is 41.6 Å². The number of aromatic nitrogens is 1. The summed E-state index contributed by atoms with van der Waals surface area (Å²) in [6, 6.07) is 5.97. The third kappa shape index (κ3) is 4.05. The van der Waals surface area contributed by atoms with Gasteiger partial charge in [-0.15, -0.1) is 24.8 Å². The highest BCUT2D eigenvalue weighted by Gasteiger charge is 2.41. The predicted molar refractivity (Wildman–Crippen MR) is 98.9 cm³/mol. The molecular weight excluding hydrogens is 390 g/mol. The fourth-order valence-electron chi connectivity index (χ4n) is 3.14. The largest absolute Gasteiger partial charge is 0.417 e. The number of nitrogens with two attached hydrogens (primary N) is 1. The van der Waals surface area contributed by atoms with Gasteiger partial charge in [0.1, 0.15) is 0 Å². The number of carbonyl (C=O) groups excluding carboxylic acids is 1. The van der Waals surface area contributed by atoms with Crippen LogP contribution in [0.2, 0.25) is 0 Å². The molecule has 1 amide bonds. The van der Waals surface area contributed by atoms with E-state index in [1.165, 1.54) is 23.1 Å². The highest BCUT2D eigenvalue weighted by Crippen LogP contribution is 2.38. The second kappa shape index (κ2) is 7.98. The molecule has 9 heteroatoms. The number of carbonyl (C=O) groups is 1. The minimum absolute atomic E-state index is 0. The molecule has 144 valence electrons. The number of fused-ring (bicyclic) bond motifs is 1. The molecule has 2 aromatic rings. The molecule has 3 rings (SSSR count). The quantitative estimate of drug-likeness (QED) is 0.817. The van der Waals surface area contributed by atoms with Crippen LogP contribution in [0, 0.1) is 5.41 Å². The summed E-state index contributed by atoms with van der Waals surface area (Å²) in [6.07, 6.45) is -2.92. The molecule has 0 radical (unpaired) electrons. The average molecular weight is 410 g/mol. The van der Waals surface area contributed by atoms with Crippen LogP contribution in [0.25, 0.3) is 10.9 Å². The molecule has 0 saturated carbocycles. The molecule has 1 unspecified atom stereocenters. The number of para-hydroxylation sites is 1. The standard InChI is InChI=1S/C17H18F3N3O.2ClH/c1-16(9-21)6-7-23(10-16)15(24)12-8-22-13-5-3-2-4-11(13)14(12)17(18,19)20;;/h2-5,8H,6-7,9-10,21H2,1H3;2*1H. The van der Waals surface area contributed by atoms with Gasteiger partial charge in [-0.05, 0) is 24.4 Å². The lowest BCUT2D eigenvalue weighted by atomic mass is 9.90. The van der Waals surface area contributed by atoms with Crippen LogP contribution in [0.3, 0.4) is 0 Å². The second-order valence-electron chi connectivity index (χ2n) is 6.55. The van der Waals surface area contributed by atoms with Gasteiger partial charge in [0.2, 0.25) is 0 Å². The summed E-state index contributed by atoms with van der Waals surface area (Å²) in [5.74, 6) is -0.641. The molecule has 26 heavy (non-hydrogen) atoms. The van der Waals surface area contributed by atoms with Crippen LogP contribution >= 0.6 is 24.8 Å². The Morgan fingerprint density at radius 3 is 2.54 bits per heavy atom. The molecule has 0 aliphatic carbocycles. The van der Waals surface area contributed by atoms with Gasteiger partial charge in [0, 0.05) is 24.7 Å². The number of hydrogen-bond acceptors (Lipinski definition) is 3. The van der Waals surface area contributed by atoms with Gasteiger partial charge in [-0.3, -0.25) is 9.78 Å². The molecule has 1 aliphatic rings. The molecule has 1 aliphatic heterocycles. The third-order valence-corrected chi connectivity index (χ3v) is 4.63. The summed E-state index contributed by atoms with van der Waals surface area (Å²) in [6.45, 7) is 3.07. The van der Waals surface area contributed by atoms with E-state index in [2.05, 4.69) is 4.98 Å². The highest BCUT2D eigenvalue weighted by molar-refractivity contribution is 6.00. The molecule has 2 N–H and O–H groups in total. The normalized spacial score (nSPS) is 19.8. The number of alkyl halides is 3. The molecule has 1 aromatic carbocycles. The fraction of sp³-hybridized carbons (Fsp3) is 0.412. The Labute approximate surface area is 161 Å². The maximum Gasteiger partial charge on any atom is 0.417 e. The second-order valence-corrected chi connectivity index (χ2v) is 6.55. The van der Waals surface area contributed by atoms with Crippen LogP contribution in [0.4, 0.5) is 13.2 Å².